The molecule has 0 saturated carbocycles. The summed E-state index contributed by atoms with van der Waals surface area (Å²) in [5.74, 6) is -0.0959. The molecule has 2 aromatic carbocycles. The van der Waals surface area contributed by atoms with Gasteiger partial charge in [0.2, 0.25) is 0 Å². The van der Waals surface area contributed by atoms with E-state index in [0.717, 1.165) is 31.6 Å². The van der Waals surface area contributed by atoms with Gasteiger partial charge in [-0.2, -0.15) is 5.10 Å². The quantitative estimate of drug-likeness (QED) is 0.547. The van der Waals surface area contributed by atoms with Crippen LogP contribution in [0.5, 0.6) is 0 Å². The summed E-state index contributed by atoms with van der Waals surface area (Å²) in [7, 11) is 3.81. The number of aromatic amines is 1. The summed E-state index contributed by atoms with van der Waals surface area (Å²) in [4.78, 5) is 22.5. The van der Waals surface area contributed by atoms with Crippen molar-refractivity contribution in [2.45, 2.75) is 18.9 Å². The second-order valence-electron chi connectivity index (χ2n) is 7.91. The predicted molar refractivity (Wildman–Crippen MR) is 116 cm³/mol. The molecule has 0 bridgehead atoms. The maximum atomic E-state index is 14.5. The topological polar surface area (TPSA) is 78.8 Å². The normalized spacial score (nSPS) is 15.2. The molecule has 0 aliphatic carbocycles. The minimum absolute atomic E-state index is 0.234. The van der Waals surface area contributed by atoms with E-state index >= 15 is 0 Å². The number of fused-ring (bicyclic) bond motifs is 2. The molecule has 1 saturated heterocycles. The number of benzene rings is 2. The van der Waals surface area contributed by atoms with Gasteiger partial charge in [-0.1, -0.05) is 0 Å². The van der Waals surface area contributed by atoms with Crippen molar-refractivity contribution >= 4 is 27.5 Å². The molecule has 154 valence electrons. The molecule has 0 spiro atoms. The third-order valence-corrected chi connectivity index (χ3v) is 5.90. The number of hydrogen-bond donors (Lipinski definition) is 2. The lowest BCUT2D eigenvalue weighted by atomic mass is 10.0. The van der Waals surface area contributed by atoms with Crippen LogP contribution < -0.4 is 15.8 Å². The van der Waals surface area contributed by atoms with Crippen LogP contribution in [0.25, 0.3) is 33.2 Å². The molecule has 2 aromatic heterocycles. The molecule has 3 heterocycles. The van der Waals surface area contributed by atoms with Gasteiger partial charge in [-0.15, -0.1) is 0 Å². The van der Waals surface area contributed by atoms with E-state index < -0.39 is 5.82 Å². The Bertz CT molecular complexity index is 1300. The van der Waals surface area contributed by atoms with Crippen LogP contribution in [0.3, 0.4) is 0 Å². The van der Waals surface area contributed by atoms with E-state index in [2.05, 4.69) is 32.3 Å². The maximum absolute atomic E-state index is 14.5. The Morgan fingerprint density at radius 2 is 2.00 bits per heavy atom. The molecule has 0 unspecified atom stereocenters. The number of nitrogens with one attached hydrogen (secondary N) is 2. The van der Waals surface area contributed by atoms with Gasteiger partial charge in [-0.25, -0.2) is 9.37 Å². The Hall–Kier alpha value is -3.26. The molecule has 2 N–H and O–H groups in total. The highest BCUT2D eigenvalue weighted by molar-refractivity contribution is 5.86. The van der Waals surface area contributed by atoms with Crippen LogP contribution in [0.1, 0.15) is 12.8 Å². The predicted octanol–water partition coefficient (Wildman–Crippen LogP) is 2.80. The van der Waals surface area contributed by atoms with E-state index in [9.17, 15) is 9.18 Å². The number of nitrogens with zero attached hydrogens (tertiary/aromatic N) is 4. The van der Waals surface area contributed by atoms with Gasteiger partial charge in [-0.05, 0) is 56.3 Å². The molecule has 8 heteroatoms. The summed E-state index contributed by atoms with van der Waals surface area (Å²) in [5.41, 5.74) is 2.17. The van der Waals surface area contributed by atoms with Gasteiger partial charge in [0.1, 0.15) is 11.3 Å². The first kappa shape index (κ1) is 18.7. The molecule has 7 nitrogen and oxygen atoms in total. The van der Waals surface area contributed by atoms with E-state index in [4.69, 9.17) is 0 Å². The number of anilines is 1. The van der Waals surface area contributed by atoms with Crippen molar-refractivity contribution in [1.82, 2.24) is 25.1 Å². The van der Waals surface area contributed by atoms with Crippen molar-refractivity contribution in [2.75, 3.05) is 25.0 Å². The van der Waals surface area contributed by atoms with Crippen molar-refractivity contribution in [1.29, 1.82) is 0 Å². The highest BCUT2D eigenvalue weighted by Gasteiger charge is 2.19. The van der Waals surface area contributed by atoms with Crippen LogP contribution in [-0.2, 0) is 7.05 Å². The van der Waals surface area contributed by atoms with Gasteiger partial charge in [0, 0.05) is 43.0 Å². The van der Waals surface area contributed by atoms with Gasteiger partial charge in [0.15, 0.2) is 5.82 Å². The smallest absolute Gasteiger partial charge is 0.259 e. The lowest BCUT2D eigenvalue weighted by Crippen LogP contribution is -2.41. The molecule has 0 radical (unpaired) electrons. The molecule has 30 heavy (non-hydrogen) atoms. The Labute approximate surface area is 172 Å². The summed E-state index contributed by atoms with van der Waals surface area (Å²) in [6, 6.07) is 9.33. The Balaban J connectivity index is 1.55. The minimum atomic E-state index is -0.440. The second kappa shape index (κ2) is 7.21. The summed E-state index contributed by atoms with van der Waals surface area (Å²) >= 11 is 0. The van der Waals surface area contributed by atoms with Crippen LogP contribution in [0.15, 0.2) is 41.3 Å². The average molecular weight is 406 g/mol. The van der Waals surface area contributed by atoms with E-state index in [0.29, 0.717) is 39.2 Å². The fraction of sp³-hybridized carbons (Fsp3) is 0.318. The van der Waals surface area contributed by atoms with Gasteiger partial charge in [0.25, 0.3) is 5.56 Å². The van der Waals surface area contributed by atoms with E-state index in [-0.39, 0.29) is 5.56 Å². The zero-order valence-electron chi connectivity index (χ0n) is 16.9. The Kier molecular flexibility index (Phi) is 4.51. The van der Waals surface area contributed by atoms with Gasteiger partial charge in [0.05, 0.1) is 10.9 Å². The third-order valence-electron chi connectivity index (χ3n) is 5.90. The zero-order valence-corrected chi connectivity index (χ0v) is 16.9. The first-order valence-electron chi connectivity index (χ1n) is 10.1. The van der Waals surface area contributed by atoms with Crippen LogP contribution >= 0.6 is 0 Å². The fourth-order valence-corrected chi connectivity index (χ4v) is 4.24. The van der Waals surface area contributed by atoms with Gasteiger partial charge < -0.3 is 15.2 Å². The molecule has 5 rings (SSSR count). The number of H-pyrrole nitrogens is 1. The fourth-order valence-electron chi connectivity index (χ4n) is 4.24. The van der Waals surface area contributed by atoms with Crippen molar-refractivity contribution in [3.63, 3.8) is 0 Å². The van der Waals surface area contributed by atoms with E-state index in [1.165, 1.54) is 6.07 Å². The lowest BCUT2D eigenvalue weighted by molar-refractivity contribution is 0.443. The minimum Gasteiger partial charge on any atom is -0.371 e. The number of halogens is 1. The second-order valence-corrected chi connectivity index (χ2v) is 7.91. The molecule has 4 aromatic rings. The molecule has 1 aliphatic heterocycles. The molecule has 0 atom stereocenters. The number of hydrogen-bond acceptors (Lipinski definition) is 5. The SMILES string of the molecule is CN(c1ccc2nc(-c3cc(F)c4nn(C)cc4c3)[nH]c(=O)c2c1)C1CCNCC1. The van der Waals surface area contributed by atoms with Crippen molar-refractivity contribution in [2.24, 2.45) is 7.05 Å². The Morgan fingerprint density at radius 1 is 1.20 bits per heavy atom. The van der Waals surface area contributed by atoms with Gasteiger partial charge >= 0.3 is 0 Å². The van der Waals surface area contributed by atoms with Gasteiger partial charge in [-0.3, -0.25) is 9.48 Å². The highest BCUT2D eigenvalue weighted by Crippen LogP contribution is 2.26. The van der Waals surface area contributed by atoms with Crippen LogP contribution in [0.2, 0.25) is 0 Å². The molecular formula is C22H23FN6O. The first-order chi connectivity index (χ1) is 14.5. The molecule has 1 fully saturated rings. The van der Waals surface area contributed by atoms with E-state index in [1.807, 2.05) is 18.2 Å². The molecule has 1 aliphatic rings. The molecule has 0 amide bonds. The number of aromatic nitrogens is 4. The Morgan fingerprint density at radius 3 is 2.80 bits per heavy atom. The van der Waals surface area contributed by atoms with Crippen LogP contribution in [-0.4, -0.2) is 45.9 Å². The lowest BCUT2D eigenvalue weighted by Gasteiger charge is -2.33. The largest absolute Gasteiger partial charge is 0.371 e. The number of aryl methyl sites for hydroxylation is 1. The summed E-state index contributed by atoms with van der Waals surface area (Å²) in [6.07, 6.45) is 3.89. The summed E-state index contributed by atoms with van der Waals surface area (Å²) < 4.78 is 16.0. The standard InChI is InChI=1S/C22H23FN6O/c1-28-12-14-9-13(10-18(23)20(14)27-28)21-25-19-4-3-16(11-17(19)22(30)26-21)29(2)15-5-7-24-8-6-15/h3-4,9-12,15,24H,5-8H2,1-2H3,(H,25,26,30). The number of rotatable bonds is 3. The van der Waals surface area contributed by atoms with E-state index in [1.54, 1.807) is 24.0 Å². The maximum Gasteiger partial charge on any atom is 0.259 e. The van der Waals surface area contributed by atoms with Crippen LogP contribution in [0.4, 0.5) is 10.1 Å². The van der Waals surface area contributed by atoms with Crippen LogP contribution in [0, 0.1) is 5.82 Å². The highest BCUT2D eigenvalue weighted by atomic mass is 19.1. The molecular weight excluding hydrogens is 383 g/mol. The number of piperidine rings is 1. The van der Waals surface area contributed by atoms with Crippen molar-refractivity contribution in [3.8, 4) is 11.4 Å². The first-order valence-corrected chi connectivity index (χ1v) is 10.1. The van der Waals surface area contributed by atoms with Crippen molar-refractivity contribution in [3.05, 3.63) is 52.7 Å². The third kappa shape index (κ3) is 3.23. The zero-order chi connectivity index (χ0) is 20.8. The monoisotopic (exact) mass is 406 g/mol. The average Bonchev–Trinajstić information content (AvgIpc) is 3.14. The summed E-state index contributed by atoms with van der Waals surface area (Å²) in [5, 5.41) is 8.68. The van der Waals surface area contributed by atoms with Crippen molar-refractivity contribution < 1.29 is 4.39 Å². The summed E-state index contributed by atoms with van der Waals surface area (Å²) in [6.45, 7) is 2.01.